The first-order chi connectivity index (χ1) is 11.9. The zero-order valence-corrected chi connectivity index (χ0v) is 15.5. The van der Waals surface area contributed by atoms with Crippen molar-refractivity contribution in [2.45, 2.75) is 24.2 Å². The molecule has 0 spiro atoms. The third-order valence-corrected chi connectivity index (χ3v) is 5.99. The van der Waals surface area contributed by atoms with E-state index in [4.69, 9.17) is 0 Å². The fourth-order valence-electron chi connectivity index (χ4n) is 2.64. The largest absolute Gasteiger partial charge is 0.301 e. The van der Waals surface area contributed by atoms with Crippen LogP contribution in [0.5, 0.6) is 0 Å². The van der Waals surface area contributed by atoms with Crippen molar-refractivity contribution in [3.05, 3.63) is 54.1 Å². The third-order valence-electron chi connectivity index (χ3n) is 3.94. The number of benzene rings is 2. The number of thiazole rings is 1. The van der Waals surface area contributed by atoms with E-state index >= 15 is 0 Å². The monoisotopic (exact) mass is 374 g/mol. The second-order valence-corrected chi connectivity index (χ2v) is 8.83. The number of aromatic nitrogens is 1. The van der Waals surface area contributed by atoms with Gasteiger partial charge in [-0.3, -0.25) is 4.79 Å². The van der Waals surface area contributed by atoms with Gasteiger partial charge in [-0.05, 0) is 30.2 Å². The predicted molar refractivity (Wildman–Crippen MR) is 101 cm³/mol. The van der Waals surface area contributed by atoms with Crippen LogP contribution in [0.15, 0.2) is 53.4 Å². The number of hydrogen-bond acceptors (Lipinski definition) is 5. The van der Waals surface area contributed by atoms with Gasteiger partial charge in [-0.15, -0.1) is 0 Å². The first-order valence-corrected chi connectivity index (χ1v) is 10.6. The van der Waals surface area contributed by atoms with Crippen molar-refractivity contribution in [1.82, 2.24) is 4.98 Å². The molecule has 1 atom stereocenters. The Morgan fingerprint density at radius 3 is 2.56 bits per heavy atom. The van der Waals surface area contributed by atoms with Gasteiger partial charge in [0, 0.05) is 6.26 Å². The van der Waals surface area contributed by atoms with Crippen LogP contribution < -0.4 is 5.32 Å². The van der Waals surface area contributed by atoms with Crippen LogP contribution in [0.3, 0.4) is 0 Å². The summed E-state index contributed by atoms with van der Waals surface area (Å²) in [6, 6.07) is 14.4. The van der Waals surface area contributed by atoms with E-state index in [9.17, 15) is 13.2 Å². The van der Waals surface area contributed by atoms with Gasteiger partial charge >= 0.3 is 0 Å². The van der Waals surface area contributed by atoms with Gasteiger partial charge in [-0.1, -0.05) is 48.6 Å². The summed E-state index contributed by atoms with van der Waals surface area (Å²) in [5.41, 5.74) is 1.63. The van der Waals surface area contributed by atoms with E-state index in [1.54, 1.807) is 12.1 Å². The van der Waals surface area contributed by atoms with Crippen LogP contribution in [-0.2, 0) is 14.6 Å². The van der Waals surface area contributed by atoms with Gasteiger partial charge in [0.15, 0.2) is 15.0 Å². The maximum Gasteiger partial charge on any atom is 0.233 e. The number of sulfone groups is 1. The summed E-state index contributed by atoms with van der Waals surface area (Å²) in [6.07, 6.45) is 1.85. The molecule has 0 radical (unpaired) electrons. The minimum Gasteiger partial charge on any atom is -0.301 e. The minimum atomic E-state index is -3.27. The normalized spacial score (nSPS) is 12.9. The van der Waals surface area contributed by atoms with Gasteiger partial charge in [0.25, 0.3) is 0 Å². The Hall–Kier alpha value is -2.25. The number of carbonyl (C=O) groups excluding carboxylic acids is 1. The molecule has 130 valence electrons. The maximum atomic E-state index is 12.6. The highest BCUT2D eigenvalue weighted by Gasteiger charge is 2.20. The number of nitrogens with zero attached hydrogens (tertiary/aromatic N) is 1. The van der Waals surface area contributed by atoms with Crippen LogP contribution in [0, 0.1) is 0 Å². The van der Waals surface area contributed by atoms with Crippen LogP contribution in [0.2, 0.25) is 0 Å². The van der Waals surface area contributed by atoms with E-state index in [-0.39, 0.29) is 16.7 Å². The summed E-state index contributed by atoms with van der Waals surface area (Å²) >= 11 is 1.27. The lowest BCUT2D eigenvalue weighted by atomic mass is 9.96. The SMILES string of the molecule is CC[C@@H](C(=O)Nc1nc2ccc(S(C)(=O)=O)cc2s1)c1ccccc1. The molecule has 1 amide bonds. The predicted octanol–water partition coefficient (Wildman–Crippen LogP) is 3.83. The Morgan fingerprint density at radius 2 is 1.92 bits per heavy atom. The van der Waals surface area contributed by atoms with Crippen molar-refractivity contribution >= 4 is 42.4 Å². The van der Waals surface area contributed by atoms with Crippen LogP contribution in [0.1, 0.15) is 24.8 Å². The zero-order chi connectivity index (χ0) is 18.0. The molecular weight excluding hydrogens is 356 g/mol. The van der Waals surface area contributed by atoms with Crippen molar-refractivity contribution in [3.63, 3.8) is 0 Å². The molecule has 0 saturated carbocycles. The molecule has 5 nitrogen and oxygen atoms in total. The number of carbonyl (C=O) groups is 1. The quantitative estimate of drug-likeness (QED) is 0.736. The van der Waals surface area contributed by atoms with E-state index in [0.717, 1.165) is 10.3 Å². The molecular formula is C18H18N2O3S2. The molecule has 0 aliphatic heterocycles. The summed E-state index contributed by atoms with van der Waals surface area (Å²) in [5.74, 6) is -0.365. The van der Waals surface area contributed by atoms with E-state index in [0.29, 0.717) is 17.1 Å². The molecule has 0 saturated heterocycles. The standard InChI is InChI=1S/C18H18N2O3S2/c1-3-14(12-7-5-4-6-8-12)17(21)20-18-19-15-10-9-13(25(2,22)23)11-16(15)24-18/h4-11,14H,3H2,1-2H3,(H,19,20,21)/t14-/m1/s1. The van der Waals surface area contributed by atoms with Crippen LogP contribution in [0.25, 0.3) is 10.2 Å². The average molecular weight is 374 g/mol. The Labute approximate surface area is 150 Å². The van der Waals surface area contributed by atoms with Crippen molar-refractivity contribution < 1.29 is 13.2 Å². The molecule has 25 heavy (non-hydrogen) atoms. The third kappa shape index (κ3) is 3.88. The molecule has 0 aliphatic rings. The van der Waals surface area contributed by atoms with Gasteiger partial charge in [0.05, 0.1) is 21.0 Å². The highest BCUT2D eigenvalue weighted by molar-refractivity contribution is 7.90. The van der Waals surface area contributed by atoms with Crippen molar-refractivity contribution in [2.75, 3.05) is 11.6 Å². The fraction of sp³-hybridized carbons (Fsp3) is 0.222. The number of amides is 1. The summed E-state index contributed by atoms with van der Waals surface area (Å²) in [5, 5.41) is 3.33. The Bertz CT molecular complexity index is 1010. The molecule has 0 fully saturated rings. The van der Waals surface area contributed by atoms with Gasteiger partial charge in [-0.2, -0.15) is 0 Å². The van der Waals surface area contributed by atoms with Gasteiger partial charge in [0.1, 0.15) is 0 Å². The van der Waals surface area contributed by atoms with Crippen LogP contribution in [0.4, 0.5) is 5.13 Å². The Kier molecular flexibility index (Phi) is 4.87. The maximum absolute atomic E-state index is 12.6. The molecule has 3 aromatic rings. The lowest BCUT2D eigenvalue weighted by Crippen LogP contribution is -2.20. The minimum absolute atomic E-state index is 0.115. The van der Waals surface area contributed by atoms with Crippen molar-refractivity contribution in [2.24, 2.45) is 0 Å². The number of fused-ring (bicyclic) bond motifs is 1. The number of anilines is 1. The van der Waals surface area contributed by atoms with Gasteiger partial charge in [0.2, 0.25) is 5.91 Å². The molecule has 1 heterocycles. The smallest absolute Gasteiger partial charge is 0.233 e. The van der Waals surface area contributed by atoms with Crippen LogP contribution in [-0.4, -0.2) is 25.6 Å². The zero-order valence-electron chi connectivity index (χ0n) is 13.9. The molecule has 0 unspecified atom stereocenters. The number of rotatable bonds is 5. The lowest BCUT2D eigenvalue weighted by molar-refractivity contribution is -0.117. The molecule has 1 aromatic heterocycles. The summed E-state index contributed by atoms with van der Waals surface area (Å²) in [7, 11) is -3.27. The van der Waals surface area contributed by atoms with E-state index in [2.05, 4.69) is 10.3 Å². The summed E-state index contributed by atoms with van der Waals surface area (Å²) in [4.78, 5) is 17.2. The summed E-state index contributed by atoms with van der Waals surface area (Å²) < 4.78 is 24.0. The molecule has 3 rings (SSSR count). The Balaban J connectivity index is 1.86. The van der Waals surface area contributed by atoms with Crippen molar-refractivity contribution in [3.8, 4) is 0 Å². The molecule has 0 aliphatic carbocycles. The number of hydrogen-bond donors (Lipinski definition) is 1. The molecule has 1 N–H and O–H groups in total. The fourth-order valence-corrected chi connectivity index (χ4v) is 4.27. The van der Waals surface area contributed by atoms with Crippen LogP contribution >= 0.6 is 11.3 Å². The highest BCUT2D eigenvalue weighted by Crippen LogP contribution is 2.29. The second kappa shape index (κ2) is 6.93. The highest BCUT2D eigenvalue weighted by atomic mass is 32.2. The Morgan fingerprint density at radius 1 is 1.20 bits per heavy atom. The topological polar surface area (TPSA) is 76.1 Å². The van der Waals surface area contributed by atoms with Gasteiger partial charge in [-0.25, -0.2) is 13.4 Å². The second-order valence-electron chi connectivity index (χ2n) is 5.78. The molecule has 7 heteroatoms. The average Bonchev–Trinajstić information content (AvgIpc) is 2.97. The van der Waals surface area contributed by atoms with Crippen molar-refractivity contribution in [1.29, 1.82) is 0 Å². The van der Waals surface area contributed by atoms with E-state index in [1.807, 2.05) is 37.3 Å². The molecule has 2 aromatic carbocycles. The van der Waals surface area contributed by atoms with Gasteiger partial charge < -0.3 is 5.32 Å². The molecule has 0 bridgehead atoms. The van der Waals surface area contributed by atoms with E-state index < -0.39 is 9.84 Å². The first kappa shape index (κ1) is 17.6. The lowest BCUT2D eigenvalue weighted by Gasteiger charge is -2.13. The number of nitrogens with one attached hydrogen (secondary N) is 1. The van der Waals surface area contributed by atoms with E-state index in [1.165, 1.54) is 23.7 Å². The first-order valence-electron chi connectivity index (χ1n) is 7.85. The summed E-state index contributed by atoms with van der Waals surface area (Å²) in [6.45, 7) is 1.97.